The number of hydrogen-bond acceptors (Lipinski definition) is 2. The average Bonchev–Trinajstić information content (AvgIpc) is 2.28. The van der Waals surface area contributed by atoms with Gasteiger partial charge in [0, 0.05) is 18.1 Å². The summed E-state index contributed by atoms with van der Waals surface area (Å²) in [5, 5.41) is 12.7. The molecule has 0 radical (unpaired) electrons. The van der Waals surface area contributed by atoms with Crippen molar-refractivity contribution in [3.8, 4) is 0 Å². The summed E-state index contributed by atoms with van der Waals surface area (Å²) < 4.78 is 0. The van der Waals surface area contributed by atoms with E-state index in [1.165, 1.54) is 6.08 Å². The molecule has 0 heterocycles. The minimum absolute atomic E-state index is 0.0458. The molecule has 1 aromatic rings. The molecular formula is C12H14ClN3O. The fraction of sp³-hybridized carbons (Fsp3) is 0.167. The number of benzene rings is 1. The maximum Gasteiger partial charge on any atom is 0.250 e. The Morgan fingerprint density at radius 3 is 2.76 bits per heavy atom. The summed E-state index contributed by atoms with van der Waals surface area (Å²) in [5.74, 6) is -0.417. The molecular weight excluding hydrogens is 238 g/mol. The highest BCUT2D eigenvalue weighted by Crippen LogP contribution is 2.20. The van der Waals surface area contributed by atoms with E-state index in [1.54, 1.807) is 19.2 Å². The van der Waals surface area contributed by atoms with Crippen LogP contribution in [0.5, 0.6) is 0 Å². The van der Waals surface area contributed by atoms with Crippen LogP contribution in [0.4, 0.5) is 0 Å². The van der Waals surface area contributed by atoms with Crippen LogP contribution in [0.1, 0.15) is 11.1 Å². The molecule has 17 heavy (non-hydrogen) atoms. The number of carbonyl (C=O) groups excluding carboxylic acids is 1. The minimum atomic E-state index is -0.372. The van der Waals surface area contributed by atoms with Gasteiger partial charge in [-0.15, -0.1) is 0 Å². The van der Waals surface area contributed by atoms with Crippen molar-refractivity contribution >= 4 is 29.5 Å². The first-order valence-corrected chi connectivity index (χ1v) is 5.43. The van der Waals surface area contributed by atoms with Gasteiger partial charge in [-0.1, -0.05) is 23.7 Å². The smallest absolute Gasteiger partial charge is 0.250 e. The third-order valence-corrected chi connectivity index (χ3v) is 2.50. The molecule has 0 aromatic heterocycles. The van der Waals surface area contributed by atoms with Crippen LogP contribution >= 0.6 is 11.6 Å². The molecule has 1 rings (SSSR count). The molecule has 1 aromatic carbocycles. The van der Waals surface area contributed by atoms with Crippen LogP contribution < -0.4 is 10.6 Å². The lowest BCUT2D eigenvalue weighted by atomic mass is 10.1. The summed E-state index contributed by atoms with van der Waals surface area (Å²) in [6.07, 6.45) is 2.98. The lowest BCUT2D eigenvalue weighted by molar-refractivity contribution is -0.115. The summed E-state index contributed by atoms with van der Waals surface area (Å²) in [6, 6.07) is 5.53. The zero-order valence-corrected chi connectivity index (χ0v) is 10.4. The molecule has 0 saturated heterocycles. The molecule has 0 atom stereocenters. The maximum atomic E-state index is 11.4. The number of nitrogens with one attached hydrogen (secondary N) is 3. The lowest BCUT2D eigenvalue weighted by Gasteiger charge is -2.04. The normalized spacial score (nSPS) is 10.3. The SMILES string of the molecule is CNC(=N)NC(=O)C=Cc1c(C)cccc1Cl. The zero-order valence-electron chi connectivity index (χ0n) is 9.67. The van der Waals surface area contributed by atoms with E-state index in [-0.39, 0.29) is 11.9 Å². The van der Waals surface area contributed by atoms with Crippen LogP contribution in [0.3, 0.4) is 0 Å². The summed E-state index contributed by atoms with van der Waals surface area (Å²) in [6.45, 7) is 1.92. The van der Waals surface area contributed by atoms with Crippen molar-refractivity contribution in [3.63, 3.8) is 0 Å². The Morgan fingerprint density at radius 1 is 1.47 bits per heavy atom. The number of halogens is 1. The number of guanidine groups is 1. The van der Waals surface area contributed by atoms with Gasteiger partial charge in [-0.25, -0.2) is 0 Å². The van der Waals surface area contributed by atoms with Gasteiger partial charge in [-0.05, 0) is 30.2 Å². The van der Waals surface area contributed by atoms with Gasteiger partial charge >= 0.3 is 0 Å². The first-order chi connectivity index (χ1) is 8.04. The van der Waals surface area contributed by atoms with Gasteiger partial charge in [0.05, 0.1) is 0 Å². The molecule has 0 bridgehead atoms. The Morgan fingerprint density at radius 2 is 2.18 bits per heavy atom. The van der Waals surface area contributed by atoms with Gasteiger partial charge in [0.2, 0.25) is 0 Å². The molecule has 0 aliphatic heterocycles. The Kier molecular flexibility index (Phi) is 4.72. The van der Waals surface area contributed by atoms with Crippen molar-refractivity contribution in [2.24, 2.45) is 0 Å². The molecule has 4 nitrogen and oxygen atoms in total. The van der Waals surface area contributed by atoms with E-state index in [0.29, 0.717) is 5.02 Å². The van der Waals surface area contributed by atoms with Gasteiger partial charge < -0.3 is 5.32 Å². The van der Waals surface area contributed by atoms with Crippen molar-refractivity contribution in [2.75, 3.05) is 7.05 Å². The Hall–Kier alpha value is -1.81. The van der Waals surface area contributed by atoms with E-state index in [2.05, 4.69) is 10.6 Å². The number of hydrogen-bond donors (Lipinski definition) is 3. The summed E-state index contributed by atoms with van der Waals surface area (Å²) in [4.78, 5) is 11.4. The topological polar surface area (TPSA) is 65.0 Å². The second kappa shape index (κ2) is 6.06. The molecule has 3 N–H and O–H groups in total. The highest BCUT2D eigenvalue weighted by atomic mass is 35.5. The van der Waals surface area contributed by atoms with E-state index < -0.39 is 0 Å². The number of carbonyl (C=O) groups is 1. The number of aryl methyl sites for hydroxylation is 1. The summed E-state index contributed by atoms with van der Waals surface area (Å²) >= 11 is 6.01. The third kappa shape index (κ3) is 3.92. The number of rotatable bonds is 2. The Bertz CT molecular complexity index is 449. The van der Waals surface area contributed by atoms with Crippen molar-refractivity contribution < 1.29 is 4.79 Å². The predicted molar refractivity (Wildman–Crippen MR) is 70.2 cm³/mol. The highest BCUT2D eigenvalue weighted by Gasteiger charge is 2.01. The van der Waals surface area contributed by atoms with Gasteiger partial charge in [0.25, 0.3) is 5.91 Å². The van der Waals surface area contributed by atoms with Gasteiger partial charge in [0.15, 0.2) is 5.96 Å². The minimum Gasteiger partial charge on any atom is -0.359 e. The number of amides is 1. The highest BCUT2D eigenvalue weighted by molar-refractivity contribution is 6.32. The maximum absolute atomic E-state index is 11.4. The van der Waals surface area contributed by atoms with Crippen LogP contribution in [0.2, 0.25) is 5.02 Å². The predicted octanol–water partition coefficient (Wildman–Crippen LogP) is 1.93. The molecule has 0 fully saturated rings. The monoisotopic (exact) mass is 251 g/mol. The van der Waals surface area contributed by atoms with E-state index >= 15 is 0 Å². The largest absolute Gasteiger partial charge is 0.359 e. The fourth-order valence-electron chi connectivity index (χ4n) is 1.24. The molecule has 0 saturated carbocycles. The van der Waals surface area contributed by atoms with Gasteiger partial charge in [-0.2, -0.15) is 0 Å². The Labute approximate surface area is 105 Å². The molecule has 0 aliphatic rings. The first-order valence-electron chi connectivity index (χ1n) is 5.05. The van der Waals surface area contributed by atoms with E-state index in [1.807, 2.05) is 19.1 Å². The summed E-state index contributed by atoms with van der Waals surface area (Å²) in [7, 11) is 1.56. The summed E-state index contributed by atoms with van der Waals surface area (Å²) in [5.41, 5.74) is 1.80. The standard InChI is InChI=1S/C12H14ClN3O/c1-8-4-3-5-10(13)9(8)6-7-11(17)16-12(14)15-2/h3-7H,1-2H3,(H3,14,15,16,17). The van der Waals surface area contributed by atoms with Crippen LogP contribution in [-0.4, -0.2) is 18.9 Å². The molecule has 1 amide bonds. The fourth-order valence-corrected chi connectivity index (χ4v) is 1.53. The van der Waals surface area contributed by atoms with Crippen molar-refractivity contribution in [3.05, 3.63) is 40.4 Å². The van der Waals surface area contributed by atoms with Crippen LogP contribution in [0.25, 0.3) is 6.08 Å². The molecule has 90 valence electrons. The molecule has 5 heteroatoms. The molecule has 0 aliphatic carbocycles. The van der Waals surface area contributed by atoms with Crippen LogP contribution in [0, 0.1) is 12.3 Å². The Balaban J connectivity index is 2.77. The van der Waals surface area contributed by atoms with Crippen LogP contribution in [0.15, 0.2) is 24.3 Å². The van der Waals surface area contributed by atoms with Gasteiger partial charge in [0.1, 0.15) is 0 Å². The first kappa shape index (κ1) is 13.3. The molecule has 0 spiro atoms. The van der Waals surface area contributed by atoms with Gasteiger partial charge in [-0.3, -0.25) is 15.5 Å². The third-order valence-electron chi connectivity index (χ3n) is 2.17. The average molecular weight is 252 g/mol. The van der Waals surface area contributed by atoms with Crippen molar-refractivity contribution in [1.29, 1.82) is 5.41 Å². The molecule has 0 unspecified atom stereocenters. The zero-order chi connectivity index (χ0) is 12.8. The van der Waals surface area contributed by atoms with E-state index in [4.69, 9.17) is 17.0 Å². The second-order valence-electron chi connectivity index (χ2n) is 3.42. The van der Waals surface area contributed by atoms with Crippen LogP contribution in [-0.2, 0) is 4.79 Å². The lowest BCUT2D eigenvalue weighted by Crippen LogP contribution is -2.37. The quantitative estimate of drug-likeness (QED) is 0.427. The van der Waals surface area contributed by atoms with Crippen molar-refractivity contribution in [2.45, 2.75) is 6.92 Å². The second-order valence-corrected chi connectivity index (χ2v) is 3.83. The van der Waals surface area contributed by atoms with Crippen molar-refractivity contribution in [1.82, 2.24) is 10.6 Å². The van der Waals surface area contributed by atoms with E-state index in [9.17, 15) is 4.79 Å². The van der Waals surface area contributed by atoms with E-state index in [0.717, 1.165) is 11.1 Å².